The number of carbonyl (C=O) groups is 2. The van der Waals surface area contributed by atoms with Crippen LogP contribution in [0.5, 0.6) is 0 Å². The first-order valence-corrected chi connectivity index (χ1v) is 8.51. The first kappa shape index (κ1) is 25.0. The van der Waals surface area contributed by atoms with E-state index in [0.29, 0.717) is 12.1 Å². The molecule has 3 N–H and O–H groups in total. The SMILES string of the molecule is Cl.N[C@@H](CC(=O)N1CCCNC(=O)[C@H]1CC(F)(F)F)Cc1cc(F)c(F)cc1F. The highest BCUT2D eigenvalue weighted by molar-refractivity contribution is 5.88. The van der Waals surface area contributed by atoms with Crippen LogP contribution in [-0.4, -0.2) is 48.1 Å². The van der Waals surface area contributed by atoms with Gasteiger partial charge in [-0.1, -0.05) is 0 Å². The third-order valence-electron chi connectivity index (χ3n) is 4.31. The number of nitrogens with zero attached hydrogens (tertiary/aromatic N) is 1. The Morgan fingerprint density at radius 3 is 2.45 bits per heavy atom. The molecule has 1 aromatic rings. The standard InChI is InChI=1S/C17H19F6N3O2.ClH/c18-11-7-13(20)12(19)5-9(11)4-10(24)6-15(27)26-3-1-2-25-16(28)14(26)8-17(21,22)23;/h5,7,10,14H,1-4,6,8,24H2,(H,25,28);1H/t10-,14-;/m1./s1. The number of hydrogen-bond donors (Lipinski definition) is 2. The zero-order chi connectivity index (χ0) is 21.1. The minimum atomic E-state index is -4.66. The highest BCUT2D eigenvalue weighted by atomic mass is 35.5. The molecule has 5 nitrogen and oxygen atoms in total. The molecule has 2 rings (SSSR count). The second-order valence-corrected chi connectivity index (χ2v) is 6.59. The van der Waals surface area contributed by atoms with Crippen molar-refractivity contribution in [2.24, 2.45) is 5.73 Å². The van der Waals surface area contributed by atoms with Gasteiger partial charge < -0.3 is 16.0 Å². The first-order valence-electron chi connectivity index (χ1n) is 8.51. The zero-order valence-electron chi connectivity index (χ0n) is 15.1. The van der Waals surface area contributed by atoms with Crippen molar-refractivity contribution in [1.82, 2.24) is 10.2 Å². The van der Waals surface area contributed by atoms with Crippen LogP contribution in [0.25, 0.3) is 0 Å². The van der Waals surface area contributed by atoms with Gasteiger partial charge in [0, 0.05) is 31.6 Å². The van der Waals surface area contributed by atoms with Crippen molar-refractivity contribution in [3.05, 3.63) is 35.1 Å². The molecule has 164 valence electrons. The summed E-state index contributed by atoms with van der Waals surface area (Å²) in [5, 5.41) is 2.32. The fourth-order valence-electron chi connectivity index (χ4n) is 3.01. The van der Waals surface area contributed by atoms with Crippen LogP contribution >= 0.6 is 12.4 Å². The van der Waals surface area contributed by atoms with Crippen LogP contribution in [0.2, 0.25) is 0 Å². The number of hydrogen-bond acceptors (Lipinski definition) is 3. The summed E-state index contributed by atoms with van der Waals surface area (Å²) in [6.45, 7) is 0.0493. The van der Waals surface area contributed by atoms with E-state index in [1.165, 1.54) is 0 Å². The lowest BCUT2D eigenvalue weighted by atomic mass is 10.0. The van der Waals surface area contributed by atoms with Crippen LogP contribution in [0.1, 0.15) is 24.8 Å². The number of rotatable bonds is 5. The Balaban J connectivity index is 0.00000420. The van der Waals surface area contributed by atoms with E-state index < -0.39 is 60.4 Å². The van der Waals surface area contributed by atoms with E-state index >= 15 is 0 Å². The molecule has 29 heavy (non-hydrogen) atoms. The fourth-order valence-corrected chi connectivity index (χ4v) is 3.01. The van der Waals surface area contributed by atoms with E-state index in [-0.39, 0.29) is 43.9 Å². The molecule has 0 saturated carbocycles. The molecule has 0 bridgehead atoms. The number of benzene rings is 1. The number of alkyl halides is 3. The Kier molecular flexibility index (Phi) is 8.76. The lowest BCUT2D eigenvalue weighted by Gasteiger charge is -2.30. The summed E-state index contributed by atoms with van der Waals surface area (Å²) in [7, 11) is 0. The van der Waals surface area contributed by atoms with Gasteiger partial charge in [0.1, 0.15) is 11.9 Å². The Hall–Kier alpha value is -2.01. The van der Waals surface area contributed by atoms with Crippen LogP contribution in [0.4, 0.5) is 26.3 Å². The largest absolute Gasteiger partial charge is 0.391 e. The summed E-state index contributed by atoms with van der Waals surface area (Å²) in [4.78, 5) is 25.2. The van der Waals surface area contributed by atoms with Crippen LogP contribution in [-0.2, 0) is 16.0 Å². The van der Waals surface area contributed by atoms with Gasteiger partial charge in [0.05, 0.1) is 6.42 Å². The first-order chi connectivity index (χ1) is 13.0. The van der Waals surface area contributed by atoms with Crippen LogP contribution < -0.4 is 11.1 Å². The van der Waals surface area contributed by atoms with Crippen molar-refractivity contribution in [2.45, 2.75) is 43.9 Å². The van der Waals surface area contributed by atoms with Crippen molar-refractivity contribution in [2.75, 3.05) is 13.1 Å². The molecule has 2 atom stereocenters. The van der Waals surface area contributed by atoms with Gasteiger partial charge in [0.15, 0.2) is 11.6 Å². The molecule has 1 aliphatic rings. The minimum absolute atomic E-state index is 0. The van der Waals surface area contributed by atoms with Gasteiger partial charge in [-0.05, 0) is 24.5 Å². The summed E-state index contributed by atoms with van der Waals surface area (Å²) in [6, 6.07) is -1.83. The normalized spacial score (nSPS) is 18.5. The Morgan fingerprint density at radius 1 is 1.21 bits per heavy atom. The Labute approximate surface area is 169 Å². The van der Waals surface area contributed by atoms with E-state index in [0.717, 1.165) is 4.90 Å². The molecule has 2 amide bonds. The fraction of sp³-hybridized carbons (Fsp3) is 0.529. The molecule has 1 heterocycles. The minimum Gasteiger partial charge on any atom is -0.354 e. The molecular weight excluding hydrogens is 428 g/mol. The van der Waals surface area contributed by atoms with Crippen molar-refractivity contribution in [3.8, 4) is 0 Å². The van der Waals surface area contributed by atoms with E-state index in [9.17, 15) is 35.9 Å². The molecule has 0 aliphatic carbocycles. The topological polar surface area (TPSA) is 75.4 Å². The van der Waals surface area contributed by atoms with Gasteiger partial charge in [-0.2, -0.15) is 13.2 Å². The van der Waals surface area contributed by atoms with Gasteiger partial charge in [-0.25, -0.2) is 13.2 Å². The Morgan fingerprint density at radius 2 is 1.83 bits per heavy atom. The number of carbonyl (C=O) groups excluding carboxylic acids is 2. The monoisotopic (exact) mass is 447 g/mol. The van der Waals surface area contributed by atoms with Crippen LogP contribution in [0.3, 0.4) is 0 Å². The lowest BCUT2D eigenvalue weighted by Crippen LogP contribution is -2.50. The van der Waals surface area contributed by atoms with Crippen molar-refractivity contribution in [1.29, 1.82) is 0 Å². The molecule has 0 aromatic heterocycles. The molecule has 12 heteroatoms. The number of nitrogens with two attached hydrogens (primary N) is 1. The summed E-state index contributed by atoms with van der Waals surface area (Å²) in [5.74, 6) is -5.43. The van der Waals surface area contributed by atoms with Gasteiger partial charge in [-0.15, -0.1) is 12.4 Å². The summed E-state index contributed by atoms with van der Waals surface area (Å²) < 4.78 is 78.3. The third kappa shape index (κ3) is 7.07. The smallest absolute Gasteiger partial charge is 0.354 e. The van der Waals surface area contributed by atoms with E-state index in [1.807, 2.05) is 0 Å². The molecule has 0 unspecified atom stereocenters. The average Bonchev–Trinajstić information content (AvgIpc) is 2.73. The second-order valence-electron chi connectivity index (χ2n) is 6.59. The number of amides is 2. The van der Waals surface area contributed by atoms with Crippen LogP contribution in [0.15, 0.2) is 12.1 Å². The highest BCUT2D eigenvalue weighted by Crippen LogP contribution is 2.26. The van der Waals surface area contributed by atoms with Crippen molar-refractivity contribution >= 4 is 24.2 Å². The quantitative estimate of drug-likeness (QED) is 0.538. The van der Waals surface area contributed by atoms with Crippen molar-refractivity contribution < 1.29 is 35.9 Å². The molecular formula is C17H20ClF6N3O2. The van der Waals surface area contributed by atoms with Gasteiger partial charge in [0.2, 0.25) is 11.8 Å². The zero-order valence-corrected chi connectivity index (χ0v) is 15.9. The molecule has 1 fully saturated rings. The van der Waals surface area contributed by atoms with Gasteiger partial charge >= 0.3 is 6.18 Å². The molecule has 0 radical (unpaired) electrons. The Bertz CT molecular complexity index is 747. The number of halogens is 7. The molecule has 1 saturated heterocycles. The molecule has 0 spiro atoms. The second kappa shape index (κ2) is 10.1. The lowest BCUT2D eigenvalue weighted by molar-refractivity contribution is -0.161. The summed E-state index contributed by atoms with van der Waals surface area (Å²) in [6.07, 6.45) is -6.73. The molecule has 1 aromatic carbocycles. The molecule has 1 aliphatic heterocycles. The van der Waals surface area contributed by atoms with E-state index in [2.05, 4.69) is 5.32 Å². The number of nitrogens with one attached hydrogen (secondary N) is 1. The third-order valence-corrected chi connectivity index (χ3v) is 4.31. The maximum absolute atomic E-state index is 13.7. The van der Waals surface area contributed by atoms with Crippen molar-refractivity contribution in [3.63, 3.8) is 0 Å². The van der Waals surface area contributed by atoms with E-state index in [4.69, 9.17) is 5.73 Å². The predicted molar refractivity (Wildman–Crippen MR) is 93.7 cm³/mol. The van der Waals surface area contributed by atoms with E-state index in [1.54, 1.807) is 0 Å². The maximum Gasteiger partial charge on any atom is 0.391 e. The average molecular weight is 448 g/mol. The predicted octanol–water partition coefficient (Wildman–Crippen LogP) is 2.46. The van der Waals surface area contributed by atoms with Gasteiger partial charge in [-0.3, -0.25) is 9.59 Å². The summed E-state index contributed by atoms with van der Waals surface area (Å²) >= 11 is 0. The summed E-state index contributed by atoms with van der Waals surface area (Å²) in [5.41, 5.74) is 5.50. The maximum atomic E-state index is 13.7. The highest BCUT2D eigenvalue weighted by Gasteiger charge is 2.41. The van der Waals surface area contributed by atoms with Crippen LogP contribution in [0, 0.1) is 17.5 Å². The van der Waals surface area contributed by atoms with Gasteiger partial charge in [0.25, 0.3) is 0 Å².